The maximum Gasteiger partial charge on any atom is 0.191 e. The number of piperazine rings is 1. The lowest BCUT2D eigenvalue weighted by atomic mass is 10.2. The van der Waals surface area contributed by atoms with Crippen LogP contribution in [0, 0.1) is 6.92 Å². The number of nitrogens with one attached hydrogen (secondary N) is 2. The summed E-state index contributed by atoms with van der Waals surface area (Å²) < 4.78 is 5.18. The topological polar surface area (TPSA) is 52.1 Å². The van der Waals surface area contributed by atoms with Crippen LogP contribution in [0.5, 0.6) is 0 Å². The summed E-state index contributed by atoms with van der Waals surface area (Å²) in [5.74, 6) is 0.881. The van der Waals surface area contributed by atoms with E-state index >= 15 is 0 Å². The molecule has 6 nitrogen and oxygen atoms in total. The highest BCUT2D eigenvalue weighted by molar-refractivity contribution is 5.80. The van der Waals surface area contributed by atoms with Crippen LogP contribution in [0.1, 0.15) is 25.8 Å². The molecule has 0 aliphatic carbocycles. The van der Waals surface area contributed by atoms with E-state index < -0.39 is 0 Å². The minimum Gasteiger partial charge on any atom is -0.383 e. The third kappa shape index (κ3) is 7.77. The van der Waals surface area contributed by atoms with E-state index in [2.05, 4.69) is 65.5 Å². The van der Waals surface area contributed by atoms with E-state index in [1.54, 1.807) is 7.11 Å². The fourth-order valence-corrected chi connectivity index (χ4v) is 3.38. The van der Waals surface area contributed by atoms with Crippen LogP contribution in [-0.4, -0.2) is 76.4 Å². The number of benzene rings is 1. The summed E-state index contributed by atoms with van der Waals surface area (Å²) >= 11 is 0. The molecule has 27 heavy (non-hydrogen) atoms. The molecule has 0 saturated carbocycles. The lowest BCUT2D eigenvalue weighted by molar-refractivity contribution is 0.179. The van der Waals surface area contributed by atoms with Crippen molar-refractivity contribution in [2.75, 3.05) is 64.4 Å². The van der Waals surface area contributed by atoms with Gasteiger partial charge in [-0.3, -0.25) is 9.89 Å². The number of guanidine groups is 1. The van der Waals surface area contributed by atoms with Gasteiger partial charge in [0.1, 0.15) is 0 Å². The number of methoxy groups -OCH3 is 1. The number of aliphatic imine (C=N–C) groups is 1. The molecule has 1 unspecified atom stereocenters. The Morgan fingerprint density at radius 2 is 2.04 bits per heavy atom. The van der Waals surface area contributed by atoms with E-state index in [0.29, 0.717) is 6.61 Å². The molecular formula is C21H37N5O. The van der Waals surface area contributed by atoms with Crippen LogP contribution in [0.15, 0.2) is 29.3 Å². The number of hydrogen-bond donors (Lipinski definition) is 2. The summed E-state index contributed by atoms with van der Waals surface area (Å²) in [5.41, 5.74) is 2.68. The van der Waals surface area contributed by atoms with E-state index in [4.69, 9.17) is 9.73 Å². The van der Waals surface area contributed by atoms with E-state index in [1.807, 2.05) is 0 Å². The standard InChI is InChI=1S/C21H37N5O/c1-5-22-21(24-19(3)17-27-4)23-10-7-11-25-12-14-26(15-13-25)20-9-6-8-18(2)16-20/h6,8-9,16,19H,5,7,10-15,17H2,1-4H3,(H2,22,23,24). The van der Waals surface area contributed by atoms with Crippen LogP contribution >= 0.6 is 0 Å². The number of anilines is 1. The normalized spacial score (nSPS) is 17.0. The van der Waals surface area contributed by atoms with Gasteiger partial charge in [-0.05, 0) is 44.9 Å². The second kappa shape index (κ2) is 11.8. The van der Waals surface area contributed by atoms with Crippen molar-refractivity contribution >= 4 is 11.6 Å². The SMILES string of the molecule is CCNC(=NCCCN1CCN(c2cccc(C)c2)CC1)NC(C)COC. The number of rotatable bonds is 9. The molecule has 1 atom stereocenters. The van der Waals surface area contributed by atoms with Gasteiger partial charge in [-0.1, -0.05) is 12.1 Å². The van der Waals surface area contributed by atoms with Crippen molar-refractivity contribution in [3.05, 3.63) is 29.8 Å². The minimum absolute atomic E-state index is 0.252. The maximum atomic E-state index is 5.18. The molecule has 2 N–H and O–H groups in total. The molecule has 0 radical (unpaired) electrons. The number of hydrogen-bond acceptors (Lipinski definition) is 4. The molecule has 2 rings (SSSR count). The average molecular weight is 376 g/mol. The molecule has 1 aromatic carbocycles. The molecule has 0 spiro atoms. The summed E-state index contributed by atoms with van der Waals surface area (Å²) in [6.45, 7) is 14.3. The summed E-state index contributed by atoms with van der Waals surface area (Å²) in [6.07, 6.45) is 1.08. The second-order valence-corrected chi connectivity index (χ2v) is 7.28. The largest absolute Gasteiger partial charge is 0.383 e. The van der Waals surface area contributed by atoms with Crippen LogP contribution in [0.4, 0.5) is 5.69 Å². The Bertz CT molecular complexity index is 569. The Morgan fingerprint density at radius 3 is 2.70 bits per heavy atom. The molecule has 0 bridgehead atoms. The van der Waals surface area contributed by atoms with Crippen molar-refractivity contribution < 1.29 is 4.74 Å². The van der Waals surface area contributed by atoms with Gasteiger partial charge in [-0.15, -0.1) is 0 Å². The van der Waals surface area contributed by atoms with Crippen LogP contribution in [0.25, 0.3) is 0 Å². The first-order valence-electron chi connectivity index (χ1n) is 10.2. The molecule has 1 saturated heterocycles. The third-order valence-corrected chi connectivity index (χ3v) is 4.79. The van der Waals surface area contributed by atoms with Gasteiger partial charge < -0.3 is 20.3 Å². The quantitative estimate of drug-likeness (QED) is 0.393. The van der Waals surface area contributed by atoms with Crippen molar-refractivity contribution in [1.29, 1.82) is 0 Å². The summed E-state index contributed by atoms with van der Waals surface area (Å²) in [5, 5.41) is 6.68. The summed E-state index contributed by atoms with van der Waals surface area (Å²) in [6, 6.07) is 9.06. The Labute approximate surface area is 165 Å². The fourth-order valence-electron chi connectivity index (χ4n) is 3.38. The average Bonchev–Trinajstić information content (AvgIpc) is 2.66. The van der Waals surface area contributed by atoms with Gasteiger partial charge in [0.15, 0.2) is 5.96 Å². The van der Waals surface area contributed by atoms with Crippen molar-refractivity contribution in [3.63, 3.8) is 0 Å². The van der Waals surface area contributed by atoms with Crippen LogP contribution in [0.3, 0.4) is 0 Å². The molecule has 0 aromatic heterocycles. The number of aryl methyl sites for hydroxylation is 1. The minimum atomic E-state index is 0.252. The van der Waals surface area contributed by atoms with E-state index in [1.165, 1.54) is 11.3 Å². The molecule has 1 aliphatic heterocycles. The van der Waals surface area contributed by atoms with Gasteiger partial charge in [0, 0.05) is 64.7 Å². The van der Waals surface area contributed by atoms with Gasteiger partial charge in [0.25, 0.3) is 0 Å². The predicted molar refractivity (Wildman–Crippen MR) is 115 cm³/mol. The van der Waals surface area contributed by atoms with Crippen LogP contribution < -0.4 is 15.5 Å². The summed E-state index contributed by atoms with van der Waals surface area (Å²) in [7, 11) is 1.72. The zero-order chi connectivity index (χ0) is 19.5. The molecule has 1 aliphatic rings. The summed E-state index contributed by atoms with van der Waals surface area (Å²) in [4.78, 5) is 9.74. The maximum absolute atomic E-state index is 5.18. The molecule has 6 heteroatoms. The Balaban J connectivity index is 1.69. The van der Waals surface area contributed by atoms with Gasteiger partial charge >= 0.3 is 0 Å². The molecule has 1 heterocycles. The van der Waals surface area contributed by atoms with Crippen molar-refractivity contribution in [2.45, 2.75) is 33.2 Å². The Kier molecular flexibility index (Phi) is 9.42. The van der Waals surface area contributed by atoms with E-state index in [-0.39, 0.29) is 6.04 Å². The lowest BCUT2D eigenvalue weighted by Crippen LogP contribution is -2.47. The zero-order valence-corrected chi connectivity index (χ0v) is 17.5. The van der Waals surface area contributed by atoms with E-state index in [0.717, 1.165) is 58.2 Å². The first-order valence-corrected chi connectivity index (χ1v) is 10.2. The molecule has 0 amide bonds. The highest BCUT2D eigenvalue weighted by Gasteiger charge is 2.16. The lowest BCUT2D eigenvalue weighted by Gasteiger charge is -2.36. The van der Waals surface area contributed by atoms with Gasteiger partial charge in [0.2, 0.25) is 0 Å². The van der Waals surface area contributed by atoms with Gasteiger partial charge in [-0.2, -0.15) is 0 Å². The van der Waals surface area contributed by atoms with Crippen molar-refractivity contribution in [1.82, 2.24) is 15.5 Å². The Morgan fingerprint density at radius 1 is 1.26 bits per heavy atom. The zero-order valence-electron chi connectivity index (χ0n) is 17.5. The Hall–Kier alpha value is -1.79. The van der Waals surface area contributed by atoms with Crippen molar-refractivity contribution in [2.24, 2.45) is 4.99 Å². The van der Waals surface area contributed by atoms with Gasteiger partial charge in [-0.25, -0.2) is 0 Å². The fraction of sp³-hybridized carbons (Fsp3) is 0.667. The monoisotopic (exact) mass is 375 g/mol. The first kappa shape index (κ1) is 21.5. The third-order valence-electron chi connectivity index (χ3n) is 4.79. The van der Waals surface area contributed by atoms with Crippen LogP contribution in [0.2, 0.25) is 0 Å². The molecule has 1 fully saturated rings. The smallest absolute Gasteiger partial charge is 0.191 e. The number of nitrogens with zero attached hydrogens (tertiary/aromatic N) is 3. The van der Waals surface area contributed by atoms with E-state index in [9.17, 15) is 0 Å². The molecule has 152 valence electrons. The van der Waals surface area contributed by atoms with Crippen molar-refractivity contribution in [3.8, 4) is 0 Å². The number of ether oxygens (including phenoxy) is 1. The predicted octanol–water partition coefficient (Wildman–Crippen LogP) is 2.10. The first-order chi connectivity index (χ1) is 13.1. The van der Waals surface area contributed by atoms with Crippen LogP contribution in [-0.2, 0) is 4.74 Å². The molecular weight excluding hydrogens is 338 g/mol. The second-order valence-electron chi connectivity index (χ2n) is 7.28. The molecule has 1 aromatic rings. The highest BCUT2D eigenvalue weighted by Crippen LogP contribution is 2.17. The highest BCUT2D eigenvalue weighted by atomic mass is 16.5. The van der Waals surface area contributed by atoms with Gasteiger partial charge in [0.05, 0.1) is 6.61 Å².